The maximum absolute atomic E-state index is 9.96. The Labute approximate surface area is 67.9 Å². The van der Waals surface area contributed by atoms with Crippen molar-refractivity contribution in [2.45, 2.75) is 0 Å². The van der Waals surface area contributed by atoms with Crippen LogP contribution in [0, 0.1) is 10.1 Å². The summed E-state index contributed by atoms with van der Waals surface area (Å²) < 4.78 is 0. The lowest BCUT2D eigenvalue weighted by Crippen LogP contribution is -2.07. The van der Waals surface area contributed by atoms with Crippen LogP contribution in [0.15, 0.2) is 24.3 Å². The molecule has 0 amide bonds. The molecule has 0 spiro atoms. The van der Waals surface area contributed by atoms with Gasteiger partial charge >= 0.3 is 0 Å². The predicted molar refractivity (Wildman–Crippen MR) is 42.1 cm³/mol. The second kappa shape index (κ2) is 3.21. The van der Waals surface area contributed by atoms with Crippen LogP contribution in [0.25, 0.3) is 0 Å². The van der Waals surface area contributed by atoms with Crippen LogP contribution in [-0.2, 0) is 0 Å². The van der Waals surface area contributed by atoms with Gasteiger partial charge in [-0.15, -0.1) is 5.43 Å². The van der Waals surface area contributed by atoms with Gasteiger partial charge in [-0.2, -0.15) is 0 Å². The summed E-state index contributed by atoms with van der Waals surface area (Å²) in [7, 11) is 0. The number of hydrazine groups is 1. The van der Waals surface area contributed by atoms with Crippen molar-refractivity contribution in [1.82, 2.24) is 0 Å². The molecule has 0 fully saturated rings. The lowest BCUT2D eigenvalue weighted by atomic mass is 10.3. The highest BCUT2D eigenvalue weighted by molar-refractivity contribution is 6.33. The molecule has 0 aliphatic heterocycles. The van der Waals surface area contributed by atoms with Crippen molar-refractivity contribution in [2.24, 2.45) is 0 Å². The Hall–Kier alpha value is -1.29. The minimum absolute atomic E-state index is 0.305. The lowest BCUT2D eigenvalue weighted by molar-refractivity contribution is -0.445. The molecule has 4 nitrogen and oxygen atoms in total. The van der Waals surface area contributed by atoms with Crippen LogP contribution < -0.4 is 5.43 Å². The molecule has 0 aromatic heterocycles. The fraction of sp³-hybridized carbons (Fsp3) is 0. The summed E-state index contributed by atoms with van der Waals surface area (Å²) in [6.07, 6.45) is 0. The molecule has 0 aliphatic rings. The third kappa shape index (κ3) is 2.09. The van der Waals surface area contributed by atoms with Crippen LogP contribution in [0.2, 0.25) is 5.02 Å². The van der Waals surface area contributed by atoms with E-state index in [0.29, 0.717) is 10.7 Å². The number of nitrogens with one attached hydrogen (secondary N) is 1. The van der Waals surface area contributed by atoms with E-state index < -0.39 is 5.03 Å². The summed E-state index contributed by atoms with van der Waals surface area (Å²) in [5.41, 5.74) is 2.27. The maximum Gasteiger partial charge on any atom is 0.162 e. The van der Waals surface area contributed by atoms with Gasteiger partial charge in [0.15, 0.2) is 5.03 Å². The number of nitrogens with zero attached hydrogens (tertiary/aromatic N) is 1. The quantitative estimate of drug-likeness (QED) is 0.548. The zero-order valence-corrected chi connectivity index (χ0v) is 6.21. The molecule has 1 N–H and O–H groups in total. The normalized spacial score (nSPS) is 9.18. The first kappa shape index (κ1) is 7.81. The molecule has 0 aliphatic carbocycles. The Balaban J connectivity index is 2.86. The second-order valence-electron chi connectivity index (χ2n) is 1.85. The van der Waals surface area contributed by atoms with Gasteiger partial charge in [0.25, 0.3) is 0 Å². The number of nitro groups is 1. The Morgan fingerprint density at radius 3 is 2.64 bits per heavy atom. The van der Waals surface area contributed by atoms with E-state index in [1.807, 2.05) is 5.43 Å². The van der Waals surface area contributed by atoms with Gasteiger partial charge in [-0.1, -0.05) is 23.7 Å². The molecule has 0 bridgehead atoms. The zero-order valence-electron chi connectivity index (χ0n) is 5.45. The van der Waals surface area contributed by atoms with E-state index in [9.17, 15) is 10.1 Å². The lowest BCUT2D eigenvalue weighted by Gasteiger charge is -1.97. The summed E-state index contributed by atoms with van der Waals surface area (Å²) in [4.78, 5) is 9.96. The molecule has 5 heteroatoms. The Kier molecular flexibility index (Phi) is 2.28. The average Bonchev–Trinajstić information content (AvgIpc) is 1.93. The van der Waals surface area contributed by atoms with Crippen molar-refractivity contribution < 1.29 is 5.03 Å². The summed E-state index contributed by atoms with van der Waals surface area (Å²) >= 11 is 5.60. The Bertz CT molecular complexity index is 277. The molecule has 1 aromatic carbocycles. The number of hydrogen-bond acceptors (Lipinski definition) is 2. The molecule has 0 atom stereocenters. The van der Waals surface area contributed by atoms with Crippen LogP contribution in [0.4, 0.5) is 5.69 Å². The van der Waals surface area contributed by atoms with Crippen LogP contribution in [0.3, 0.4) is 0 Å². The molecule has 58 valence electrons. The number of para-hydroxylation sites is 1. The standard InChI is InChI=1S/C6H5ClN2O2/c7-5-3-1-2-4-6(5)8-9(10)11/h1-4,8H. The highest BCUT2D eigenvalue weighted by Crippen LogP contribution is 2.19. The zero-order chi connectivity index (χ0) is 8.27. The first-order chi connectivity index (χ1) is 5.20. The minimum Gasteiger partial charge on any atom is -0.235 e. The number of hydrogen-bond donors (Lipinski definition) is 1. The summed E-state index contributed by atoms with van der Waals surface area (Å²) in [6.45, 7) is 0. The highest BCUT2D eigenvalue weighted by Gasteiger charge is 2.01. The molecule has 0 saturated heterocycles. The summed E-state index contributed by atoms with van der Waals surface area (Å²) in [5, 5.41) is 9.64. The van der Waals surface area contributed by atoms with E-state index in [2.05, 4.69) is 0 Å². The summed E-state index contributed by atoms with van der Waals surface area (Å²) in [5.74, 6) is 0. The van der Waals surface area contributed by atoms with Gasteiger partial charge in [0, 0.05) is 0 Å². The average molecular weight is 173 g/mol. The first-order valence-electron chi connectivity index (χ1n) is 2.86. The van der Waals surface area contributed by atoms with Crippen molar-refractivity contribution in [3.05, 3.63) is 39.4 Å². The van der Waals surface area contributed by atoms with Crippen molar-refractivity contribution in [1.29, 1.82) is 0 Å². The van der Waals surface area contributed by atoms with Crippen molar-refractivity contribution in [3.8, 4) is 0 Å². The van der Waals surface area contributed by atoms with Gasteiger partial charge in [-0.3, -0.25) is 0 Å². The Morgan fingerprint density at radius 2 is 2.09 bits per heavy atom. The van der Waals surface area contributed by atoms with Crippen LogP contribution in [-0.4, -0.2) is 5.03 Å². The first-order valence-corrected chi connectivity index (χ1v) is 3.23. The van der Waals surface area contributed by atoms with E-state index in [4.69, 9.17) is 11.6 Å². The third-order valence-electron chi connectivity index (χ3n) is 1.09. The van der Waals surface area contributed by atoms with Crippen LogP contribution in [0.1, 0.15) is 0 Å². The molecule has 0 saturated carbocycles. The highest BCUT2D eigenvalue weighted by atomic mass is 35.5. The molecule has 11 heavy (non-hydrogen) atoms. The molecule has 0 unspecified atom stereocenters. The van der Waals surface area contributed by atoms with E-state index in [0.717, 1.165) is 0 Å². The van der Waals surface area contributed by atoms with Gasteiger partial charge in [-0.25, -0.2) is 10.1 Å². The fourth-order valence-corrected chi connectivity index (χ4v) is 0.828. The van der Waals surface area contributed by atoms with Crippen molar-refractivity contribution >= 4 is 17.3 Å². The topological polar surface area (TPSA) is 55.2 Å². The van der Waals surface area contributed by atoms with E-state index in [1.54, 1.807) is 18.2 Å². The number of rotatable bonds is 2. The second-order valence-corrected chi connectivity index (χ2v) is 2.26. The number of anilines is 1. The van der Waals surface area contributed by atoms with Crippen LogP contribution >= 0.6 is 11.6 Å². The molecular weight excluding hydrogens is 168 g/mol. The third-order valence-corrected chi connectivity index (χ3v) is 1.42. The largest absolute Gasteiger partial charge is 0.235 e. The van der Waals surface area contributed by atoms with Gasteiger partial charge in [0.1, 0.15) is 5.69 Å². The predicted octanol–water partition coefficient (Wildman–Crippen LogP) is 1.94. The van der Waals surface area contributed by atoms with Gasteiger partial charge in [0.05, 0.1) is 5.02 Å². The van der Waals surface area contributed by atoms with Gasteiger partial charge in [0.2, 0.25) is 0 Å². The van der Waals surface area contributed by atoms with E-state index >= 15 is 0 Å². The minimum atomic E-state index is -0.652. The maximum atomic E-state index is 9.96. The number of halogens is 1. The molecule has 1 aromatic rings. The monoisotopic (exact) mass is 172 g/mol. The Morgan fingerprint density at radius 1 is 1.45 bits per heavy atom. The number of benzene rings is 1. The smallest absolute Gasteiger partial charge is 0.162 e. The van der Waals surface area contributed by atoms with Crippen molar-refractivity contribution in [3.63, 3.8) is 0 Å². The van der Waals surface area contributed by atoms with Gasteiger partial charge < -0.3 is 0 Å². The van der Waals surface area contributed by atoms with E-state index in [1.165, 1.54) is 6.07 Å². The van der Waals surface area contributed by atoms with E-state index in [-0.39, 0.29) is 0 Å². The van der Waals surface area contributed by atoms with Crippen LogP contribution in [0.5, 0.6) is 0 Å². The van der Waals surface area contributed by atoms with Crippen molar-refractivity contribution in [2.75, 3.05) is 5.43 Å². The molecule has 0 heterocycles. The summed E-state index contributed by atoms with van der Waals surface area (Å²) in [6, 6.07) is 6.48. The molecular formula is C6H5ClN2O2. The van der Waals surface area contributed by atoms with Gasteiger partial charge in [-0.05, 0) is 12.1 Å². The fourth-order valence-electron chi connectivity index (χ4n) is 0.650. The molecule has 1 rings (SSSR count). The molecule has 0 radical (unpaired) electrons. The SMILES string of the molecule is O=[N+]([O-])Nc1ccccc1Cl.